The van der Waals surface area contributed by atoms with Gasteiger partial charge < -0.3 is 96.5 Å². The molecule has 2 aromatic rings. The number of guanidine groups is 1. The van der Waals surface area contributed by atoms with Gasteiger partial charge in [-0.05, 0) is 77.0 Å². The predicted octanol–water partition coefficient (Wildman–Crippen LogP) is -6.69. The van der Waals surface area contributed by atoms with E-state index in [-0.39, 0.29) is 51.2 Å². The third-order valence-corrected chi connectivity index (χ3v) is 11.4. The summed E-state index contributed by atoms with van der Waals surface area (Å²) >= 11 is 0. The third-order valence-electron chi connectivity index (χ3n) is 11.4. The molecule has 0 spiro atoms. The van der Waals surface area contributed by atoms with Crippen LogP contribution in [0.5, 0.6) is 0 Å². The van der Waals surface area contributed by atoms with Crippen molar-refractivity contribution in [3.8, 4) is 0 Å². The zero-order valence-electron chi connectivity index (χ0n) is 46.1. The van der Waals surface area contributed by atoms with E-state index >= 15 is 0 Å². The fourth-order valence-electron chi connectivity index (χ4n) is 7.04. The summed E-state index contributed by atoms with van der Waals surface area (Å²) in [6.45, 7) is 2.09. The average Bonchev–Trinajstić information content (AvgIpc) is 3.48. The van der Waals surface area contributed by atoms with Crippen LogP contribution in [0.3, 0.4) is 0 Å². The molecule has 22 N–H and O–H groups in total. The topological polar surface area (TPSA) is 522 Å². The van der Waals surface area contributed by atoms with Crippen LogP contribution in [0.1, 0.15) is 70.9 Å². The lowest BCUT2D eigenvalue weighted by Gasteiger charge is -2.26. The molecular formula is C51H79N15O16. The fourth-order valence-corrected chi connectivity index (χ4v) is 7.04. The van der Waals surface area contributed by atoms with Crippen molar-refractivity contribution < 1.29 is 78.0 Å². The first-order valence-electron chi connectivity index (χ1n) is 25.9. The minimum absolute atomic E-state index is 0.0164. The summed E-state index contributed by atoms with van der Waals surface area (Å²) in [5.41, 5.74) is 23.8. The van der Waals surface area contributed by atoms with Gasteiger partial charge in [0.15, 0.2) is 5.96 Å². The Hall–Kier alpha value is -8.81. The average molecular weight is 1160 g/mol. The Morgan fingerprint density at radius 2 is 0.988 bits per heavy atom. The van der Waals surface area contributed by atoms with Gasteiger partial charge in [-0.1, -0.05) is 60.7 Å². The molecule has 0 aliphatic carbocycles. The molecule has 0 fully saturated rings. The minimum atomic E-state index is -1.69. The second kappa shape index (κ2) is 38.7. The van der Waals surface area contributed by atoms with Crippen LogP contribution >= 0.6 is 0 Å². The van der Waals surface area contributed by atoms with E-state index in [4.69, 9.17) is 37.9 Å². The first kappa shape index (κ1) is 71.2. The number of carbonyl (C=O) groups excluding carboxylic acids is 10. The van der Waals surface area contributed by atoms with Crippen molar-refractivity contribution in [1.29, 1.82) is 0 Å². The Kier molecular flexibility index (Phi) is 33.6. The van der Waals surface area contributed by atoms with E-state index in [1.165, 1.54) is 20.8 Å². The first-order valence-corrected chi connectivity index (χ1v) is 25.9. The number of aliphatic hydroxyl groups is 2. The van der Waals surface area contributed by atoms with E-state index < -0.39 is 152 Å². The van der Waals surface area contributed by atoms with Crippen molar-refractivity contribution >= 4 is 77.0 Å². The number of carboxylic acid groups (broad SMARTS) is 2. The van der Waals surface area contributed by atoms with Gasteiger partial charge in [0.2, 0.25) is 59.1 Å². The molecule has 31 heteroatoms. The summed E-state index contributed by atoms with van der Waals surface area (Å²) in [4.78, 5) is 156. The van der Waals surface area contributed by atoms with E-state index in [9.17, 15) is 63.0 Å². The summed E-state index contributed by atoms with van der Waals surface area (Å²) in [5, 5.41) is 60.6. The minimum Gasteiger partial charge on any atom is -0.481 e. The number of nitrogens with two attached hydrogens (primary N) is 4. The molecule has 454 valence electrons. The molecule has 0 bridgehead atoms. The second-order valence-electron chi connectivity index (χ2n) is 18.5. The molecule has 31 nitrogen and oxygen atoms in total. The van der Waals surface area contributed by atoms with Crippen molar-refractivity contribution in [2.24, 2.45) is 27.9 Å². The molecule has 0 saturated heterocycles. The van der Waals surface area contributed by atoms with Gasteiger partial charge in [-0.25, -0.2) is 0 Å². The van der Waals surface area contributed by atoms with E-state index in [0.29, 0.717) is 18.4 Å². The number of aliphatic imine (C=N–C) groups is 1. The van der Waals surface area contributed by atoms with Crippen LogP contribution < -0.4 is 76.1 Å². The number of carbonyl (C=O) groups is 12. The van der Waals surface area contributed by atoms with Gasteiger partial charge in [0.1, 0.15) is 42.3 Å². The molecular weight excluding hydrogens is 1080 g/mol. The molecule has 9 atom stereocenters. The molecule has 0 aliphatic rings. The molecule has 0 saturated carbocycles. The van der Waals surface area contributed by atoms with Gasteiger partial charge >= 0.3 is 5.97 Å². The number of nitrogens with one attached hydrogen (secondary N) is 10. The number of aliphatic hydroxyl groups excluding tert-OH is 2. The van der Waals surface area contributed by atoms with Crippen LogP contribution in [-0.2, 0) is 70.4 Å². The maximum Gasteiger partial charge on any atom is 0.325 e. The van der Waals surface area contributed by atoms with E-state index in [1.54, 1.807) is 54.6 Å². The number of unbranched alkanes of at least 4 members (excludes halogenated alkanes) is 1. The monoisotopic (exact) mass is 1160 g/mol. The summed E-state index contributed by atoms with van der Waals surface area (Å²) in [5.74, 6) is -11.3. The number of rotatable bonds is 35. The van der Waals surface area contributed by atoms with Crippen LogP contribution in [0.2, 0.25) is 0 Å². The Morgan fingerprint density at radius 1 is 0.524 bits per heavy atom. The van der Waals surface area contributed by atoms with E-state index in [0.717, 1.165) is 12.5 Å². The largest absolute Gasteiger partial charge is 0.481 e. The van der Waals surface area contributed by atoms with Crippen LogP contribution in [0.25, 0.3) is 0 Å². The lowest BCUT2D eigenvalue weighted by atomic mass is 10.0. The van der Waals surface area contributed by atoms with Crippen LogP contribution in [0, 0.1) is 0 Å². The predicted molar refractivity (Wildman–Crippen MR) is 295 cm³/mol. The van der Waals surface area contributed by atoms with E-state index in [1.807, 2.05) is 6.07 Å². The van der Waals surface area contributed by atoms with Crippen molar-refractivity contribution in [2.45, 2.75) is 127 Å². The van der Waals surface area contributed by atoms with Crippen molar-refractivity contribution in [2.75, 3.05) is 39.3 Å². The molecule has 2 rings (SSSR count). The van der Waals surface area contributed by atoms with Crippen LogP contribution in [0.4, 0.5) is 0 Å². The van der Waals surface area contributed by atoms with Gasteiger partial charge in [0.25, 0.3) is 5.97 Å². The Bertz CT molecular complexity index is 2460. The van der Waals surface area contributed by atoms with Gasteiger partial charge in [-0.2, -0.15) is 0 Å². The highest BCUT2D eigenvalue weighted by molar-refractivity contribution is 5.98. The number of nitrogens with zero attached hydrogens (tertiary/aromatic N) is 1. The maximum atomic E-state index is 13.8. The normalized spacial score (nSPS) is 13.9. The van der Waals surface area contributed by atoms with Crippen molar-refractivity contribution in [3.63, 3.8) is 0 Å². The number of aliphatic carboxylic acids is 2. The van der Waals surface area contributed by atoms with Crippen LogP contribution in [0.15, 0.2) is 65.7 Å². The van der Waals surface area contributed by atoms with Gasteiger partial charge in [0.05, 0.1) is 38.4 Å². The molecule has 9 unspecified atom stereocenters. The molecule has 0 aromatic heterocycles. The standard InChI is InChI=1S/C49H75N15O14.C2H4O2/c1-27(41(70)61-34(18-12-20-54-49(52)53)43(72)62-33(17-10-11-19-50)44(73)63-36(26-65)46(75)59-28(2)48(77)78)58-38(68)25-57-47(76)40(29(3)66)64-45(74)35(22-31-15-8-5-9-16-31)60-39(69)24-55-37(67)23-56-42(71)32(51)21-30-13-6-4-7-14-30;1-2(3)4/h4-9,13-16,27-29,32-36,40,65-66H,10-12,17-26,50-51H2,1-3H3,(H,55,67)(H,56,71)(H,57,76)(H,58,68)(H,59,75)(H,60,69)(H,61,70)(H,62,72)(H,63,73)(H,64,74)(H,77,78)(H4,52,53,54);1H3,(H,3,4). The smallest absolute Gasteiger partial charge is 0.325 e. The fraction of sp³-hybridized carbons (Fsp3) is 0.510. The summed E-state index contributed by atoms with van der Waals surface area (Å²) < 4.78 is 0. The summed E-state index contributed by atoms with van der Waals surface area (Å²) in [6.07, 6.45) is -0.728. The van der Waals surface area contributed by atoms with Gasteiger partial charge in [-0.3, -0.25) is 62.5 Å². The maximum absolute atomic E-state index is 13.8. The Balaban J connectivity index is 0.00000811. The quantitative estimate of drug-likeness (QED) is 0.0173. The zero-order valence-corrected chi connectivity index (χ0v) is 46.1. The van der Waals surface area contributed by atoms with Gasteiger partial charge in [-0.15, -0.1) is 0 Å². The van der Waals surface area contributed by atoms with E-state index in [2.05, 4.69) is 58.2 Å². The van der Waals surface area contributed by atoms with Gasteiger partial charge in [0, 0.05) is 19.9 Å². The number of hydrogen-bond acceptors (Lipinski definition) is 17. The zero-order chi connectivity index (χ0) is 61.9. The first-order chi connectivity index (χ1) is 38.7. The van der Waals surface area contributed by atoms with Crippen molar-refractivity contribution in [1.82, 2.24) is 53.2 Å². The Morgan fingerprint density at radius 3 is 1.51 bits per heavy atom. The number of benzene rings is 2. The number of hydrogen-bond donors (Lipinski definition) is 18. The highest BCUT2D eigenvalue weighted by Crippen LogP contribution is 2.08. The lowest BCUT2D eigenvalue weighted by Crippen LogP contribution is -2.59. The second-order valence-corrected chi connectivity index (χ2v) is 18.5. The molecule has 82 heavy (non-hydrogen) atoms. The SMILES string of the molecule is CC(=O)O.CC(NC(=O)C(CO)NC(=O)C(CCCCN)NC(=O)C(CCCN=C(N)N)NC(=O)C(C)NC(=O)CNC(=O)C(NC(=O)C(Cc1ccccc1)NC(=O)CNC(=O)CNC(=O)C(N)Cc1ccccc1)C(C)O)C(=O)O. The third kappa shape index (κ3) is 30.0. The number of carboxylic acids is 2. The summed E-state index contributed by atoms with van der Waals surface area (Å²) in [7, 11) is 0. The molecule has 10 amide bonds. The number of amides is 10. The molecule has 0 aliphatic heterocycles. The lowest BCUT2D eigenvalue weighted by molar-refractivity contribution is -0.142. The molecule has 0 heterocycles. The van der Waals surface area contributed by atoms with Crippen molar-refractivity contribution in [3.05, 3.63) is 71.8 Å². The highest BCUT2D eigenvalue weighted by atomic mass is 16.4. The molecule has 0 radical (unpaired) electrons. The Labute approximate surface area is 473 Å². The van der Waals surface area contributed by atoms with Crippen LogP contribution in [-0.4, -0.2) is 191 Å². The molecule has 2 aromatic carbocycles. The highest BCUT2D eigenvalue weighted by Gasteiger charge is 2.33. The summed E-state index contributed by atoms with van der Waals surface area (Å²) in [6, 6.07) is 6.33.